The summed E-state index contributed by atoms with van der Waals surface area (Å²) in [6.07, 6.45) is 2.03. The van der Waals surface area contributed by atoms with Crippen LogP contribution in [0.5, 0.6) is 0 Å². The maximum absolute atomic E-state index is 12.3. The number of nitrogens with one attached hydrogen (secondary N) is 1. The third-order valence-electron chi connectivity index (χ3n) is 3.23. The third kappa shape index (κ3) is 5.47. The molecular weight excluding hydrogens is 290 g/mol. The van der Waals surface area contributed by atoms with Crippen molar-refractivity contribution in [2.24, 2.45) is 0 Å². The van der Waals surface area contributed by atoms with Crippen LogP contribution in [0.1, 0.15) is 42.4 Å². The van der Waals surface area contributed by atoms with E-state index in [2.05, 4.69) is 4.72 Å². The Balaban J connectivity index is 2.61. The van der Waals surface area contributed by atoms with Crippen LogP contribution in [0, 0.1) is 20.8 Å². The largest absolute Gasteiger partial charge is 0.481 e. The molecule has 1 rings (SSSR count). The second kappa shape index (κ2) is 7.56. The summed E-state index contributed by atoms with van der Waals surface area (Å²) in [6.45, 7) is 5.85. The Morgan fingerprint density at radius 2 is 1.67 bits per heavy atom. The molecule has 0 spiro atoms. The van der Waals surface area contributed by atoms with E-state index in [4.69, 9.17) is 5.11 Å². The van der Waals surface area contributed by atoms with Gasteiger partial charge in [0.25, 0.3) is 0 Å². The van der Waals surface area contributed by atoms with Gasteiger partial charge in [-0.1, -0.05) is 24.1 Å². The summed E-state index contributed by atoms with van der Waals surface area (Å²) in [5.74, 6) is -0.818. The number of sulfonamides is 1. The van der Waals surface area contributed by atoms with Gasteiger partial charge < -0.3 is 5.11 Å². The van der Waals surface area contributed by atoms with E-state index < -0.39 is 16.0 Å². The number of carbonyl (C=O) groups is 1. The molecular formula is C15H23NO4S. The number of hydrogen-bond donors (Lipinski definition) is 2. The molecule has 6 heteroatoms. The maximum atomic E-state index is 12.3. The molecule has 1 aromatic carbocycles. The molecule has 1 aromatic rings. The summed E-state index contributed by atoms with van der Waals surface area (Å²) in [5.41, 5.74) is 2.52. The van der Waals surface area contributed by atoms with Crippen molar-refractivity contribution in [3.63, 3.8) is 0 Å². The maximum Gasteiger partial charge on any atom is 0.303 e. The van der Waals surface area contributed by atoms with E-state index in [-0.39, 0.29) is 6.42 Å². The van der Waals surface area contributed by atoms with Gasteiger partial charge in [-0.2, -0.15) is 0 Å². The highest BCUT2D eigenvalue weighted by Gasteiger charge is 2.19. The highest BCUT2D eigenvalue weighted by Crippen LogP contribution is 2.21. The van der Waals surface area contributed by atoms with E-state index in [0.717, 1.165) is 16.7 Å². The molecule has 0 unspecified atom stereocenters. The molecule has 0 saturated heterocycles. The first-order valence-electron chi connectivity index (χ1n) is 7.03. The van der Waals surface area contributed by atoms with E-state index in [0.29, 0.717) is 30.7 Å². The molecule has 118 valence electrons. The lowest BCUT2D eigenvalue weighted by molar-refractivity contribution is -0.137. The fourth-order valence-electron chi connectivity index (χ4n) is 2.45. The predicted molar refractivity (Wildman–Crippen MR) is 81.9 cm³/mol. The van der Waals surface area contributed by atoms with E-state index >= 15 is 0 Å². The Morgan fingerprint density at radius 3 is 2.19 bits per heavy atom. The third-order valence-corrected chi connectivity index (χ3v) is 5.00. The summed E-state index contributed by atoms with van der Waals surface area (Å²) < 4.78 is 27.2. The number of hydrogen-bond acceptors (Lipinski definition) is 3. The van der Waals surface area contributed by atoms with Gasteiger partial charge in [0.1, 0.15) is 0 Å². The fourth-order valence-corrected chi connectivity index (χ4v) is 3.97. The average Bonchev–Trinajstić information content (AvgIpc) is 2.31. The molecule has 2 N–H and O–H groups in total. The Hall–Kier alpha value is -1.40. The van der Waals surface area contributed by atoms with E-state index in [9.17, 15) is 13.2 Å². The van der Waals surface area contributed by atoms with E-state index in [1.807, 2.05) is 19.1 Å². The summed E-state index contributed by atoms with van der Waals surface area (Å²) in [4.78, 5) is 10.7. The molecule has 0 amide bonds. The molecule has 0 atom stereocenters. The molecule has 5 nitrogen and oxygen atoms in total. The van der Waals surface area contributed by atoms with Crippen molar-refractivity contribution in [1.82, 2.24) is 4.72 Å². The SMILES string of the molecule is Cc1cc(C)c(S(=O)(=O)NCCCCCC(=O)O)c(C)c1. The molecule has 0 saturated carbocycles. The molecule has 21 heavy (non-hydrogen) atoms. The number of rotatable bonds is 8. The molecule has 0 fully saturated rings. The summed E-state index contributed by atoms with van der Waals surface area (Å²) >= 11 is 0. The van der Waals surface area contributed by atoms with Gasteiger partial charge in [-0.15, -0.1) is 0 Å². The topological polar surface area (TPSA) is 83.5 Å². The lowest BCUT2D eigenvalue weighted by Gasteiger charge is -2.13. The fraction of sp³-hybridized carbons (Fsp3) is 0.533. The van der Waals surface area contributed by atoms with Gasteiger partial charge >= 0.3 is 5.97 Å². The minimum Gasteiger partial charge on any atom is -0.481 e. The van der Waals surface area contributed by atoms with Crippen molar-refractivity contribution in [1.29, 1.82) is 0 Å². The molecule has 0 bridgehead atoms. The molecule has 0 aliphatic carbocycles. The van der Waals surface area contributed by atoms with Crippen molar-refractivity contribution >= 4 is 16.0 Å². The Labute approximate surface area is 126 Å². The van der Waals surface area contributed by atoms with Gasteiger partial charge in [-0.3, -0.25) is 4.79 Å². The zero-order chi connectivity index (χ0) is 16.0. The smallest absolute Gasteiger partial charge is 0.303 e. The molecule has 0 aromatic heterocycles. The number of carboxylic acid groups (broad SMARTS) is 1. The van der Waals surface area contributed by atoms with Crippen LogP contribution in [0.2, 0.25) is 0 Å². The quantitative estimate of drug-likeness (QED) is 0.722. The lowest BCUT2D eigenvalue weighted by atomic mass is 10.1. The molecule has 0 aliphatic heterocycles. The van der Waals surface area contributed by atoms with Crippen molar-refractivity contribution in [3.8, 4) is 0 Å². The molecule has 0 heterocycles. The van der Waals surface area contributed by atoms with Gasteiger partial charge in [-0.05, 0) is 44.7 Å². The number of aryl methyl sites for hydroxylation is 3. The Kier molecular flexibility index (Phi) is 6.36. The second-order valence-corrected chi connectivity index (χ2v) is 7.03. The van der Waals surface area contributed by atoms with Crippen LogP contribution in [0.4, 0.5) is 0 Å². The summed E-state index contributed by atoms with van der Waals surface area (Å²) in [6, 6.07) is 3.71. The first-order valence-corrected chi connectivity index (χ1v) is 8.51. The predicted octanol–water partition coefficient (Wildman–Crippen LogP) is 2.54. The average molecular weight is 313 g/mol. The van der Waals surface area contributed by atoms with Gasteiger partial charge in [0, 0.05) is 13.0 Å². The standard InChI is InChI=1S/C15H23NO4S/c1-11-9-12(2)15(13(3)10-11)21(19,20)16-8-6-4-5-7-14(17)18/h9-10,16H,4-8H2,1-3H3,(H,17,18). The van der Waals surface area contributed by atoms with Crippen molar-refractivity contribution in [2.75, 3.05) is 6.54 Å². The summed E-state index contributed by atoms with van der Waals surface area (Å²) in [7, 11) is -3.51. The molecule has 0 aliphatic rings. The van der Waals surface area contributed by atoms with Crippen molar-refractivity contribution in [2.45, 2.75) is 51.3 Å². The van der Waals surface area contributed by atoms with Crippen LogP contribution >= 0.6 is 0 Å². The van der Waals surface area contributed by atoms with Crippen LogP contribution < -0.4 is 4.72 Å². The zero-order valence-corrected chi connectivity index (χ0v) is 13.6. The number of benzene rings is 1. The van der Waals surface area contributed by atoms with Crippen LogP contribution in [0.25, 0.3) is 0 Å². The van der Waals surface area contributed by atoms with Crippen LogP contribution in [-0.4, -0.2) is 26.0 Å². The Morgan fingerprint density at radius 1 is 1.10 bits per heavy atom. The number of unbranched alkanes of at least 4 members (excludes halogenated alkanes) is 2. The zero-order valence-electron chi connectivity index (χ0n) is 12.8. The van der Waals surface area contributed by atoms with Crippen molar-refractivity contribution in [3.05, 3.63) is 28.8 Å². The molecule has 0 radical (unpaired) electrons. The Bertz CT molecular complexity index is 585. The van der Waals surface area contributed by atoms with E-state index in [1.165, 1.54) is 0 Å². The van der Waals surface area contributed by atoms with Crippen LogP contribution in [0.3, 0.4) is 0 Å². The number of aliphatic carboxylic acids is 1. The summed E-state index contributed by atoms with van der Waals surface area (Å²) in [5, 5.41) is 8.52. The highest BCUT2D eigenvalue weighted by atomic mass is 32.2. The van der Waals surface area contributed by atoms with Gasteiger partial charge in [0.15, 0.2) is 0 Å². The van der Waals surface area contributed by atoms with Crippen molar-refractivity contribution < 1.29 is 18.3 Å². The lowest BCUT2D eigenvalue weighted by Crippen LogP contribution is -2.26. The van der Waals surface area contributed by atoms with Crippen LogP contribution in [-0.2, 0) is 14.8 Å². The first kappa shape index (κ1) is 17.7. The first-order chi connectivity index (χ1) is 9.74. The highest BCUT2D eigenvalue weighted by molar-refractivity contribution is 7.89. The van der Waals surface area contributed by atoms with Gasteiger partial charge in [-0.25, -0.2) is 13.1 Å². The van der Waals surface area contributed by atoms with E-state index in [1.54, 1.807) is 13.8 Å². The van der Waals surface area contributed by atoms with Gasteiger partial charge in [0.05, 0.1) is 4.90 Å². The van der Waals surface area contributed by atoms with Gasteiger partial charge in [0.2, 0.25) is 10.0 Å². The minimum absolute atomic E-state index is 0.128. The monoisotopic (exact) mass is 313 g/mol. The van der Waals surface area contributed by atoms with Crippen LogP contribution in [0.15, 0.2) is 17.0 Å². The number of carboxylic acids is 1. The minimum atomic E-state index is -3.51. The normalized spacial score (nSPS) is 11.6. The second-order valence-electron chi connectivity index (χ2n) is 5.33.